The number of carbonyl (C=O) groups excluding carboxylic acids is 2. The Morgan fingerprint density at radius 2 is 2.10 bits per heavy atom. The van der Waals surface area contributed by atoms with Crippen LogP contribution in [0.25, 0.3) is 0 Å². The first kappa shape index (κ1) is 6.99. The van der Waals surface area contributed by atoms with Gasteiger partial charge in [-0.25, -0.2) is 0 Å². The summed E-state index contributed by atoms with van der Waals surface area (Å²) in [6, 6.07) is 0. The molecule has 0 aromatic carbocycles. The second-order valence-electron chi connectivity index (χ2n) is 2.43. The minimum Gasteiger partial charge on any atom is -0.370 e. The molecule has 3 nitrogen and oxygen atoms in total. The van der Waals surface area contributed by atoms with Crippen molar-refractivity contribution in [2.75, 3.05) is 13.6 Å². The summed E-state index contributed by atoms with van der Waals surface area (Å²) >= 11 is 0. The van der Waals surface area contributed by atoms with Crippen LogP contribution in [0.5, 0.6) is 0 Å². The number of rotatable bonds is 0. The highest BCUT2D eigenvalue weighted by molar-refractivity contribution is 6.43. The zero-order valence-corrected chi connectivity index (χ0v) is 6.05. The minimum atomic E-state index is -0.379. The third kappa shape index (κ3) is 1.07. The van der Waals surface area contributed by atoms with Gasteiger partial charge in [0.25, 0.3) is 0 Å². The molecule has 0 N–H and O–H groups in total. The van der Waals surface area contributed by atoms with Gasteiger partial charge in [0.1, 0.15) is 0 Å². The van der Waals surface area contributed by atoms with Crippen molar-refractivity contribution in [2.24, 2.45) is 0 Å². The van der Waals surface area contributed by atoms with Crippen LogP contribution in [-0.4, -0.2) is 30.1 Å². The number of hydrogen-bond donors (Lipinski definition) is 0. The lowest BCUT2D eigenvalue weighted by atomic mass is 10.1. The molecule has 0 radical (unpaired) electrons. The van der Waals surface area contributed by atoms with Crippen molar-refractivity contribution in [3.63, 3.8) is 0 Å². The van der Waals surface area contributed by atoms with E-state index in [1.54, 1.807) is 11.9 Å². The van der Waals surface area contributed by atoms with E-state index < -0.39 is 0 Å². The van der Waals surface area contributed by atoms with Crippen LogP contribution < -0.4 is 0 Å². The van der Waals surface area contributed by atoms with Crippen LogP contribution in [0, 0.1) is 0 Å². The summed E-state index contributed by atoms with van der Waals surface area (Å²) in [5.74, 6) is -0.705. The molecular weight excluding hydrogens is 130 g/mol. The van der Waals surface area contributed by atoms with Gasteiger partial charge in [0.05, 0.1) is 6.54 Å². The number of Topliss-reactive ketones (excluding diaryl/α,β-unsaturated/α-hetero) is 1. The van der Waals surface area contributed by atoms with E-state index in [4.69, 9.17) is 0 Å². The van der Waals surface area contributed by atoms with Crippen LogP contribution in [0.2, 0.25) is 0 Å². The van der Waals surface area contributed by atoms with Crippen molar-refractivity contribution in [3.05, 3.63) is 11.8 Å². The molecule has 0 spiro atoms. The molecule has 3 heteroatoms. The van der Waals surface area contributed by atoms with Gasteiger partial charge in [0.2, 0.25) is 11.6 Å². The average molecular weight is 139 g/mol. The van der Waals surface area contributed by atoms with Crippen LogP contribution in [0.1, 0.15) is 6.92 Å². The van der Waals surface area contributed by atoms with Gasteiger partial charge >= 0.3 is 0 Å². The summed E-state index contributed by atoms with van der Waals surface area (Å²) in [6.07, 6.45) is 1.37. The summed E-state index contributed by atoms with van der Waals surface area (Å²) in [5.41, 5.74) is 0.851. The maximum Gasteiger partial charge on any atom is 0.225 e. The van der Waals surface area contributed by atoms with Gasteiger partial charge in [0.15, 0.2) is 0 Å². The molecule has 0 saturated heterocycles. The molecule has 1 aliphatic heterocycles. The molecule has 1 aliphatic rings. The largest absolute Gasteiger partial charge is 0.370 e. The zero-order valence-electron chi connectivity index (χ0n) is 6.05. The summed E-state index contributed by atoms with van der Waals surface area (Å²) in [6.45, 7) is 2.03. The van der Waals surface area contributed by atoms with Crippen LogP contribution in [-0.2, 0) is 9.59 Å². The summed E-state index contributed by atoms with van der Waals surface area (Å²) in [4.78, 5) is 23.2. The highest BCUT2D eigenvalue weighted by atomic mass is 16.2. The Kier molecular flexibility index (Phi) is 1.57. The minimum absolute atomic E-state index is 0.223. The number of likely N-dealkylation sites (N-methyl/N-ethyl adjacent to an activating group) is 1. The van der Waals surface area contributed by atoms with E-state index in [1.165, 1.54) is 6.08 Å². The van der Waals surface area contributed by atoms with Gasteiger partial charge in [-0.2, -0.15) is 0 Å². The SMILES string of the molecule is CC1=CC(=O)C(=O)CN1C. The van der Waals surface area contributed by atoms with Gasteiger partial charge in [0, 0.05) is 18.8 Å². The molecular formula is C7H9NO2. The Balaban J connectivity index is 2.89. The molecule has 0 aromatic heterocycles. The monoisotopic (exact) mass is 139 g/mol. The number of carbonyl (C=O) groups is 2. The molecule has 54 valence electrons. The van der Waals surface area contributed by atoms with E-state index in [2.05, 4.69) is 0 Å². The Morgan fingerprint density at radius 1 is 1.50 bits per heavy atom. The van der Waals surface area contributed by atoms with E-state index in [-0.39, 0.29) is 18.1 Å². The Hall–Kier alpha value is -1.12. The van der Waals surface area contributed by atoms with E-state index in [0.717, 1.165) is 5.70 Å². The van der Waals surface area contributed by atoms with Crippen LogP contribution >= 0.6 is 0 Å². The molecule has 0 unspecified atom stereocenters. The number of nitrogens with zero attached hydrogens (tertiary/aromatic N) is 1. The van der Waals surface area contributed by atoms with Gasteiger partial charge in [-0.1, -0.05) is 0 Å². The predicted octanol–water partition coefficient (Wildman–Crippen LogP) is -0.0262. The maximum absolute atomic E-state index is 10.7. The van der Waals surface area contributed by atoms with E-state index >= 15 is 0 Å². The van der Waals surface area contributed by atoms with Crippen molar-refractivity contribution < 1.29 is 9.59 Å². The van der Waals surface area contributed by atoms with Crippen molar-refractivity contribution in [2.45, 2.75) is 6.92 Å². The van der Waals surface area contributed by atoms with Crippen LogP contribution in [0.4, 0.5) is 0 Å². The highest BCUT2D eigenvalue weighted by Gasteiger charge is 2.19. The highest BCUT2D eigenvalue weighted by Crippen LogP contribution is 2.05. The third-order valence-corrected chi connectivity index (χ3v) is 1.60. The topological polar surface area (TPSA) is 37.4 Å². The molecule has 0 fully saturated rings. The Labute approximate surface area is 59.3 Å². The fourth-order valence-corrected chi connectivity index (χ4v) is 0.798. The first-order valence-electron chi connectivity index (χ1n) is 3.08. The van der Waals surface area contributed by atoms with E-state index in [1.807, 2.05) is 6.92 Å². The summed E-state index contributed by atoms with van der Waals surface area (Å²) in [7, 11) is 1.79. The third-order valence-electron chi connectivity index (χ3n) is 1.60. The first-order valence-corrected chi connectivity index (χ1v) is 3.08. The van der Waals surface area contributed by atoms with Gasteiger partial charge < -0.3 is 4.90 Å². The van der Waals surface area contributed by atoms with Crippen LogP contribution in [0.3, 0.4) is 0 Å². The number of allylic oxidation sites excluding steroid dienone is 2. The lowest BCUT2D eigenvalue weighted by molar-refractivity contribution is -0.134. The molecule has 1 rings (SSSR count). The van der Waals surface area contributed by atoms with Crippen molar-refractivity contribution in [1.29, 1.82) is 0 Å². The predicted molar refractivity (Wildman–Crippen MR) is 36.4 cm³/mol. The maximum atomic E-state index is 10.7. The molecule has 0 amide bonds. The van der Waals surface area contributed by atoms with Crippen molar-refractivity contribution >= 4 is 11.6 Å². The normalized spacial score (nSPS) is 19.4. The Morgan fingerprint density at radius 3 is 2.60 bits per heavy atom. The quantitative estimate of drug-likeness (QED) is 0.442. The van der Waals surface area contributed by atoms with Crippen molar-refractivity contribution in [1.82, 2.24) is 4.90 Å². The fourth-order valence-electron chi connectivity index (χ4n) is 0.798. The van der Waals surface area contributed by atoms with Gasteiger partial charge in [-0.05, 0) is 6.92 Å². The summed E-state index contributed by atoms with van der Waals surface area (Å²) < 4.78 is 0. The second kappa shape index (κ2) is 2.25. The fraction of sp³-hybridized carbons (Fsp3) is 0.429. The lowest BCUT2D eigenvalue weighted by Crippen LogP contribution is -2.33. The molecule has 0 aromatic rings. The Bertz CT molecular complexity index is 218. The van der Waals surface area contributed by atoms with Crippen molar-refractivity contribution in [3.8, 4) is 0 Å². The number of ketones is 2. The standard InChI is InChI=1S/C7H9NO2/c1-5-3-6(9)7(10)4-8(5)2/h3H,4H2,1-2H3. The molecule has 0 atom stereocenters. The second-order valence-corrected chi connectivity index (χ2v) is 2.43. The molecule has 0 aliphatic carbocycles. The lowest BCUT2D eigenvalue weighted by Gasteiger charge is -2.21. The number of hydrogen-bond acceptors (Lipinski definition) is 3. The average Bonchev–Trinajstić information content (AvgIpc) is 1.84. The van der Waals surface area contributed by atoms with E-state index in [9.17, 15) is 9.59 Å². The first-order chi connectivity index (χ1) is 4.61. The molecule has 0 bridgehead atoms. The zero-order chi connectivity index (χ0) is 7.72. The van der Waals surface area contributed by atoms with E-state index in [0.29, 0.717) is 0 Å². The smallest absolute Gasteiger partial charge is 0.225 e. The summed E-state index contributed by atoms with van der Waals surface area (Å²) in [5, 5.41) is 0. The van der Waals surface area contributed by atoms with Gasteiger partial charge in [-0.15, -0.1) is 0 Å². The molecule has 0 saturated carbocycles. The van der Waals surface area contributed by atoms with Crippen LogP contribution in [0.15, 0.2) is 11.8 Å². The molecule has 10 heavy (non-hydrogen) atoms. The molecule has 1 heterocycles. The van der Waals surface area contributed by atoms with Gasteiger partial charge in [-0.3, -0.25) is 9.59 Å².